The van der Waals surface area contributed by atoms with E-state index in [0.29, 0.717) is 28.4 Å². The van der Waals surface area contributed by atoms with Crippen molar-refractivity contribution in [1.82, 2.24) is 29.8 Å². The van der Waals surface area contributed by atoms with E-state index < -0.39 is 6.04 Å². The summed E-state index contributed by atoms with van der Waals surface area (Å²) < 4.78 is 0. The van der Waals surface area contributed by atoms with Crippen molar-refractivity contribution < 1.29 is 4.79 Å². The van der Waals surface area contributed by atoms with E-state index in [-0.39, 0.29) is 18.1 Å². The predicted molar refractivity (Wildman–Crippen MR) is 118 cm³/mol. The molecule has 0 radical (unpaired) electrons. The molecule has 3 heterocycles. The van der Waals surface area contributed by atoms with Crippen LogP contribution in [0.1, 0.15) is 46.1 Å². The van der Waals surface area contributed by atoms with Crippen LogP contribution in [0.4, 0.5) is 5.82 Å². The summed E-state index contributed by atoms with van der Waals surface area (Å²) in [5, 5.41) is 9.78. The lowest BCUT2D eigenvalue weighted by molar-refractivity contribution is 0.0663. The number of hydrogen-bond acceptors (Lipinski definition) is 8. The summed E-state index contributed by atoms with van der Waals surface area (Å²) in [4.78, 5) is 36.6. The van der Waals surface area contributed by atoms with Crippen LogP contribution in [0, 0.1) is 18.3 Å². The molecule has 4 aromatic rings. The van der Waals surface area contributed by atoms with Crippen molar-refractivity contribution in [1.29, 1.82) is 5.26 Å². The number of nitrogens with zero attached hydrogens (tertiary/aromatic N) is 7. The standard InChI is InChI=1S/C23H20N8O/c1-14-8-17-9-16(4-5-20(17)30-21(14)25)23(32)31(15(2)22-26-6-3-7-27-22)13-19-12-28-18(10-24)11-29-19/h3-9,11-12,15H,13H2,1-2H3,(H2,25,30). The van der Waals surface area contributed by atoms with Crippen molar-refractivity contribution in [3.8, 4) is 6.07 Å². The van der Waals surface area contributed by atoms with Crippen molar-refractivity contribution in [2.75, 3.05) is 5.73 Å². The maximum absolute atomic E-state index is 13.6. The molecule has 1 aromatic carbocycles. The van der Waals surface area contributed by atoms with Gasteiger partial charge in [0.15, 0.2) is 5.69 Å². The van der Waals surface area contributed by atoms with Gasteiger partial charge in [-0.2, -0.15) is 5.26 Å². The van der Waals surface area contributed by atoms with Crippen LogP contribution in [-0.2, 0) is 6.54 Å². The van der Waals surface area contributed by atoms with E-state index >= 15 is 0 Å². The average Bonchev–Trinajstić information content (AvgIpc) is 2.83. The molecule has 0 saturated heterocycles. The maximum atomic E-state index is 13.6. The number of aromatic nitrogens is 5. The summed E-state index contributed by atoms with van der Waals surface area (Å²) in [6.07, 6.45) is 6.15. The van der Waals surface area contributed by atoms with Gasteiger partial charge in [-0.3, -0.25) is 9.78 Å². The van der Waals surface area contributed by atoms with Crippen LogP contribution in [0.15, 0.2) is 55.1 Å². The zero-order chi connectivity index (χ0) is 22.7. The fraction of sp³-hybridized carbons (Fsp3) is 0.174. The van der Waals surface area contributed by atoms with Gasteiger partial charge in [0.05, 0.1) is 36.2 Å². The Hall–Kier alpha value is -4.45. The molecule has 1 amide bonds. The van der Waals surface area contributed by atoms with Crippen molar-refractivity contribution in [3.05, 3.63) is 83.5 Å². The fourth-order valence-electron chi connectivity index (χ4n) is 3.31. The maximum Gasteiger partial charge on any atom is 0.254 e. The fourth-order valence-corrected chi connectivity index (χ4v) is 3.31. The van der Waals surface area contributed by atoms with Crippen molar-refractivity contribution in [2.24, 2.45) is 0 Å². The SMILES string of the molecule is Cc1cc2cc(C(=O)N(Cc3cnc(C#N)cn3)C(C)c3ncccn3)ccc2nc1N. The molecule has 9 heteroatoms. The van der Waals surface area contributed by atoms with Gasteiger partial charge in [-0.1, -0.05) is 0 Å². The van der Waals surface area contributed by atoms with Crippen molar-refractivity contribution in [2.45, 2.75) is 26.4 Å². The van der Waals surface area contributed by atoms with Gasteiger partial charge >= 0.3 is 0 Å². The van der Waals surface area contributed by atoms with Crippen LogP contribution >= 0.6 is 0 Å². The average molecular weight is 424 g/mol. The Labute approximate surface area is 184 Å². The molecule has 0 saturated carbocycles. The number of nitriles is 1. The van der Waals surface area contributed by atoms with E-state index in [4.69, 9.17) is 11.0 Å². The summed E-state index contributed by atoms with van der Waals surface area (Å²) in [5.74, 6) is 0.758. The molecule has 4 rings (SSSR count). The first kappa shape index (κ1) is 20.8. The van der Waals surface area contributed by atoms with Gasteiger partial charge in [-0.25, -0.2) is 19.9 Å². The van der Waals surface area contributed by atoms with Gasteiger partial charge in [0, 0.05) is 23.3 Å². The van der Waals surface area contributed by atoms with Crippen LogP contribution in [0.3, 0.4) is 0 Å². The molecule has 32 heavy (non-hydrogen) atoms. The number of anilines is 1. The van der Waals surface area contributed by atoms with Crippen LogP contribution in [0.25, 0.3) is 10.9 Å². The van der Waals surface area contributed by atoms with Gasteiger partial charge < -0.3 is 10.6 Å². The van der Waals surface area contributed by atoms with E-state index in [0.717, 1.165) is 10.9 Å². The first-order chi connectivity index (χ1) is 15.5. The topological polar surface area (TPSA) is 135 Å². The monoisotopic (exact) mass is 424 g/mol. The van der Waals surface area contributed by atoms with E-state index in [2.05, 4.69) is 24.9 Å². The molecular formula is C23H20N8O. The molecule has 158 valence electrons. The quantitative estimate of drug-likeness (QED) is 0.517. The first-order valence-corrected chi connectivity index (χ1v) is 9.92. The summed E-state index contributed by atoms with van der Waals surface area (Å²) in [6, 6.07) is 10.4. The minimum atomic E-state index is -0.428. The highest BCUT2D eigenvalue weighted by atomic mass is 16.2. The van der Waals surface area contributed by atoms with Gasteiger partial charge in [0.1, 0.15) is 17.7 Å². The summed E-state index contributed by atoms with van der Waals surface area (Å²) >= 11 is 0. The molecular weight excluding hydrogens is 404 g/mol. The van der Waals surface area contributed by atoms with Gasteiger partial charge in [-0.05, 0) is 49.7 Å². The molecule has 0 aliphatic carbocycles. The number of carbonyl (C=O) groups is 1. The van der Waals surface area contributed by atoms with E-state index in [1.165, 1.54) is 12.4 Å². The number of amides is 1. The second-order valence-electron chi connectivity index (χ2n) is 7.32. The third-order valence-corrected chi connectivity index (χ3v) is 5.13. The molecule has 0 aliphatic rings. The molecule has 9 nitrogen and oxygen atoms in total. The molecule has 1 atom stereocenters. The molecule has 0 bridgehead atoms. The number of rotatable bonds is 5. The first-order valence-electron chi connectivity index (χ1n) is 9.92. The largest absolute Gasteiger partial charge is 0.383 e. The van der Waals surface area contributed by atoms with Crippen LogP contribution in [0.5, 0.6) is 0 Å². The number of benzene rings is 1. The zero-order valence-electron chi connectivity index (χ0n) is 17.6. The number of pyridine rings is 1. The number of fused-ring (bicyclic) bond motifs is 1. The number of carbonyl (C=O) groups excluding carboxylic acids is 1. The number of aryl methyl sites for hydroxylation is 1. The van der Waals surface area contributed by atoms with Gasteiger partial charge in [-0.15, -0.1) is 0 Å². The van der Waals surface area contributed by atoms with Crippen LogP contribution in [0.2, 0.25) is 0 Å². The Morgan fingerprint density at radius 2 is 1.94 bits per heavy atom. The highest BCUT2D eigenvalue weighted by molar-refractivity contribution is 5.98. The van der Waals surface area contributed by atoms with E-state index in [1.807, 2.05) is 26.0 Å². The molecule has 1 unspecified atom stereocenters. The van der Waals surface area contributed by atoms with Crippen molar-refractivity contribution >= 4 is 22.6 Å². The highest BCUT2D eigenvalue weighted by Crippen LogP contribution is 2.24. The van der Waals surface area contributed by atoms with Crippen molar-refractivity contribution in [3.63, 3.8) is 0 Å². The minimum Gasteiger partial charge on any atom is -0.383 e. The van der Waals surface area contributed by atoms with Crippen LogP contribution < -0.4 is 5.73 Å². The highest BCUT2D eigenvalue weighted by Gasteiger charge is 2.25. The Morgan fingerprint density at radius 3 is 2.62 bits per heavy atom. The number of nitrogen functional groups attached to an aromatic ring is 1. The lowest BCUT2D eigenvalue weighted by Crippen LogP contribution is -2.34. The summed E-state index contributed by atoms with van der Waals surface area (Å²) in [6.45, 7) is 3.91. The van der Waals surface area contributed by atoms with E-state index in [9.17, 15) is 4.79 Å². The number of nitrogens with two attached hydrogens (primary N) is 1. The Kier molecular flexibility index (Phi) is 5.68. The second-order valence-corrected chi connectivity index (χ2v) is 7.32. The number of hydrogen-bond donors (Lipinski definition) is 1. The predicted octanol–water partition coefficient (Wildman–Crippen LogP) is 2.98. The molecule has 3 aromatic heterocycles. The third-order valence-electron chi connectivity index (χ3n) is 5.13. The lowest BCUT2D eigenvalue weighted by Gasteiger charge is -2.28. The third kappa shape index (κ3) is 4.20. The molecule has 0 fully saturated rings. The van der Waals surface area contributed by atoms with Gasteiger partial charge in [0.2, 0.25) is 0 Å². The lowest BCUT2D eigenvalue weighted by atomic mass is 10.1. The smallest absolute Gasteiger partial charge is 0.254 e. The Balaban J connectivity index is 1.72. The van der Waals surface area contributed by atoms with Crippen LogP contribution in [-0.4, -0.2) is 35.7 Å². The Morgan fingerprint density at radius 1 is 1.16 bits per heavy atom. The summed E-state index contributed by atoms with van der Waals surface area (Å²) in [5.41, 5.74) is 8.72. The normalized spacial score (nSPS) is 11.7. The molecule has 0 aliphatic heterocycles. The second kappa shape index (κ2) is 8.73. The molecule has 0 spiro atoms. The van der Waals surface area contributed by atoms with Gasteiger partial charge in [0.25, 0.3) is 5.91 Å². The van der Waals surface area contributed by atoms with E-state index in [1.54, 1.807) is 41.6 Å². The zero-order valence-corrected chi connectivity index (χ0v) is 17.6. The molecule has 2 N–H and O–H groups in total. The minimum absolute atomic E-state index is 0.175. The summed E-state index contributed by atoms with van der Waals surface area (Å²) in [7, 11) is 0. The Bertz CT molecular complexity index is 1320.